The summed E-state index contributed by atoms with van der Waals surface area (Å²) in [6.45, 7) is 0. The van der Waals surface area contributed by atoms with E-state index in [1.165, 1.54) is 33.4 Å². The zero-order chi connectivity index (χ0) is 18.2. The molecular formula is C26H22O. The van der Waals surface area contributed by atoms with Gasteiger partial charge in [-0.3, -0.25) is 0 Å². The highest BCUT2D eigenvalue weighted by Crippen LogP contribution is 2.53. The average molecular weight is 350 g/mol. The zero-order valence-corrected chi connectivity index (χ0v) is 15.4. The molecule has 0 saturated carbocycles. The number of hydrogen-bond donors (Lipinski definition) is 0. The number of fused-ring (bicyclic) bond motifs is 3. The number of rotatable bonds is 4. The van der Waals surface area contributed by atoms with Crippen LogP contribution >= 0.6 is 0 Å². The molecular weight excluding hydrogens is 328 g/mol. The normalized spacial score (nSPS) is 16.0. The second kappa shape index (κ2) is 6.59. The molecule has 2 aliphatic carbocycles. The summed E-state index contributed by atoms with van der Waals surface area (Å²) in [6.07, 6.45) is 7.78. The van der Waals surface area contributed by atoms with Gasteiger partial charge in [0, 0.05) is 11.8 Å². The molecule has 132 valence electrons. The minimum atomic E-state index is 0.329. The Hall–Kier alpha value is -3.06. The molecule has 0 spiro atoms. The molecule has 0 aliphatic heterocycles. The number of methoxy groups -OCH3 is 1. The maximum atomic E-state index is 5.39. The molecule has 3 aromatic carbocycles. The lowest BCUT2D eigenvalue weighted by atomic mass is 9.75. The maximum Gasteiger partial charge on any atom is 0.118 e. The molecule has 0 radical (unpaired) electrons. The average Bonchev–Trinajstić information content (AvgIpc) is 3.37. The van der Waals surface area contributed by atoms with E-state index in [-0.39, 0.29) is 0 Å². The fourth-order valence-corrected chi connectivity index (χ4v) is 4.68. The lowest BCUT2D eigenvalue weighted by molar-refractivity contribution is 0.414. The molecule has 2 aliphatic rings. The van der Waals surface area contributed by atoms with E-state index in [1.807, 2.05) is 0 Å². The fourth-order valence-electron chi connectivity index (χ4n) is 4.68. The van der Waals surface area contributed by atoms with Gasteiger partial charge in [-0.2, -0.15) is 0 Å². The Morgan fingerprint density at radius 3 is 2.00 bits per heavy atom. The van der Waals surface area contributed by atoms with Gasteiger partial charge in [-0.05, 0) is 46.4 Å². The first-order valence-electron chi connectivity index (χ1n) is 9.54. The number of hydrogen-bond acceptors (Lipinski definition) is 1. The number of allylic oxidation sites excluding steroid dienone is 4. The Labute approximate surface area is 160 Å². The van der Waals surface area contributed by atoms with Gasteiger partial charge in [0.05, 0.1) is 7.11 Å². The monoisotopic (exact) mass is 350 g/mol. The standard InChI is InChI=1S/C26H22O/c1-27-20-16-14-19(15-17-20)25(18-8-2-3-9-18)26-23-12-6-4-10-21(23)22-11-5-7-13-24(22)26/h2-8,10-17,25-26H,9H2,1H3. The first kappa shape index (κ1) is 16.1. The predicted octanol–water partition coefficient (Wildman–Crippen LogP) is 6.48. The van der Waals surface area contributed by atoms with Crippen LogP contribution in [0.4, 0.5) is 0 Å². The summed E-state index contributed by atoms with van der Waals surface area (Å²) >= 11 is 0. The smallest absolute Gasteiger partial charge is 0.118 e. The van der Waals surface area contributed by atoms with Gasteiger partial charge >= 0.3 is 0 Å². The molecule has 0 N–H and O–H groups in total. The predicted molar refractivity (Wildman–Crippen MR) is 111 cm³/mol. The van der Waals surface area contributed by atoms with Crippen molar-refractivity contribution < 1.29 is 4.74 Å². The summed E-state index contributed by atoms with van der Waals surface area (Å²) in [6, 6.07) is 26.4. The van der Waals surface area contributed by atoms with Crippen molar-refractivity contribution in [3.05, 3.63) is 113 Å². The molecule has 0 heterocycles. The van der Waals surface area contributed by atoms with Gasteiger partial charge in [0.1, 0.15) is 5.75 Å². The van der Waals surface area contributed by atoms with Gasteiger partial charge in [-0.15, -0.1) is 0 Å². The molecule has 27 heavy (non-hydrogen) atoms. The van der Waals surface area contributed by atoms with Crippen molar-refractivity contribution in [1.82, 2.24) is 0 Å². The summed E-state index contributed by atoms with van der Waals surface area (Å²) in [5.41, 5.74) is 8.46. The third-order valence-corrected chi connectivity index (χ3v) is 5.89. The van der Waals surface area contributed by atoms with E-state index in [4.69, 9.17) is 4.74 Å². The Morgan fingerprint density at radius 2 is 1.44 bits per heavy atom. The quantitative estimate of drug-likeness (QED) is 0.523. The molecule has 0 amide bonds. The molecule has 5 rings (SSSR count). The van der Waals surface area contributed by atoms with Gasteiger partial charge < -0.3 is 4.74 Å². The van der Waals surface area contributed by atoms with Gasteiger partial charge in [-0.1, -0.05) is 84.5 Å². The van der Waals surface area contributed by atoms with Crippen LogP contribution in [-0.2, 0) is 0 Å². The molecule has 0 aromatic heterocycles. The van der Waals surface area contributed by atoms with Gasteiger partial charge in [0.15, 0.2) is 0 Å². The molecule has 1 heteroatoms. The topological polar surface area (TPSA) is 9.23 Å². The van der Waals surface area contributed by atoms with Crippen LogP contribution in [-0.4, -0.2) is 7.11 Å². The minimum Gasteiger partial charge on any atom is -0.497 e. The van der Waals surface area contributed by atoms with Crippen molar-refractivity contribution in [2.75, 3.05) is 7.11 Å². The van der Waals surface area contributed by atoms with Crippen LogP contribution in [0.1, 0.15) is 34.9 Å². The van der Waals surface area contributed by atoms with Crippen LogP contribution in [0.25, 0.3) is 11.1 Å². The van der Waals surface area contributed by atoms with E-state index in [0.717, 1.165) is 12.2 Å². The van der Waals surface area contributed by atoms with E-state index < -0.39 is 0 Å². The largest absolute Gasteiger partial charge is 0.497 e. The summed E-state index contributed by atoms with van der Waals surface area (Å²) in [5, 5.41) is 0. The van der Waals surface area contributed by atoms with Gasteiger partial charge in [-0.25, -0.2) is 0 Å². The zero-order valence-electron chi connectivity index (χ0n) is 15.4. The Morgan fingerprint density at radius 1 is 0.815 bits per heavy atom. The van der Waals surface area contributed by atoms with Gasteiger partial charge in [0.2, 0.25) is 0 Å². The molecule has 3 aromatic rings. The molecule has 0 fully saturated rings. The summed E-state index contributed by atoms with van der Waals surface area (Å²) < 4.78 is 5.39. The highest BCUT2D eigenvalue weighted by molar-refractivity contribution is 5.79. The van der Waals surface area contributed by atoms with E-state index in [0.29, 0.717) is 11.8 Å². The van der Waals surface area contributed by atoms with Crippen molar-refractivity contribution in [2.24, 2.45) is 0 Å². The van der Waals surface area contributed by atoms with Crippen LogP contribution in [0.5, 0.6) is 5.75 Å². The molecule has 1 nitrogen and oxygen atoms in total. The van der Waals surface area contributed by atoms with E-state index in [1.54, 1.807) is 7.11 Å². The lowest BCUT2D eigenvalue weighted by Crippen LogP contribution is -2.13. The Kier molecular flexibility index (Phi) is 3.94. The summed E-state index contributed by atoms with van der Waals surface area (Å²) in [7, 11) is 1.72. The van der Waals surface area contributed by atoms with Crippen LogP contribution in [0.15, 0.2) is 96.6 Å². The Bertz CT molecular complexity index is 994. The van der Waals surface area contributed by atoms with Crippen LogP contribution in [0, 0.1) is 0 Å². The number of benzene rings is 3. The van der Waals surface area contributed by atoms with Crippen molar-refractivity contribution >= 4 is 0 Å². The van der Waals surface area contributed by atoms with E-state index >= 15 is 0 Å². The molecule has 1 unspecified atom stereocenters. The minimum absolute atomic E-state index is 0.329. The van der Waals surface area contributed by atoms with E-state index in [2.05, 4.69) is 91.0 Å². The van der Waals surface area contributed by atoms with Crippen molar-refractivity contribution in [1.29, 1.82) is 0 Å². The molecule has 0 bridgehead atoms. The first-order chi connectivity index (χ1) is 13.4. The van der Waals surface area contributed by atoms with E-state index in [9.17, 15) is 0 Å². The highest BCUT2D eigenvalue weighted by Gasteiger charge is 2.36. The Balaban J connectivity index is 1.70. The molecule has 1 atom stereocenters. The van der Waals surface area contributed by atoms with Gasteiger partial charge in [0.25, 0.3) is 0 Å². The lowest BCUT2D eigenvalue weighted by Gasteiger charge is -2.28. The number of ether oxygens (including phenoxy) is 1. The summed E-state index contributed by atoms with van der Waals surface area (Å²) in [5.74, 6) is 1.58. The highest BCUT2D eigenvalue weighted by atomic mass is 16.5. The second-order valence-electron chi connectivity index (χ2n) is 7.28. The van der Waals surface area contributed by atoms with Crippen molar-refractivity contribution in [3.8, 4) is 16.9 Å². The fraction of sp³-hybridized carbons (Fsp3) is 0.154. The maximum absolute atomic E-state index is 5.39. The van der Waals surface area contributed by atoms with Crippen molar-refractivity contribution in [2.45, 2.75) is 18.3 Å². The van der Waals surface area contributed by atoms with Crippen LogP contribution < -0.4 is 4.74 Å². The summed E-state index contributed by atoms with van der Waals surface area (Å²) in [4.78, 5) is 0. The van der Waals surface area contributed by atoms with Crippen LogP contribution in [0.3, 0.4) is 0 Å². The van der Waals surface area contributed by atoms with Crippen LogP contribution in [0.2, 0.25) is 0 Å². The first-order valence-corrected chi connectivity index (χ1v) is 9.54. The second-order valence-corrected chi connectivity index (χ2v) is 7.28. The SMILES string of the molecule is COc1ccc(C(C2=CC=CC2)C2c3ccccc3-c3ccccc32)cc1. The third kappa shape index (κ3) is 2.62. The third-order valence-electron chi connectivity index (χ3n) is 5.89. The van der Waals surface area contributed by atoms with Crippen molar-refractivity contribution in [3.63, 3.8) is 0 Å². The molecule has 0 saturated heterocycles.